The third-order valence-corrected chi connectivity index (χ3v) is 2.07. The molecule has 1 atom stereocenters. The van der Waals surface area contributed by atoms with Gasteiger partial charge in [0.05, 0.1) is 0 Å². The van der Waals surface area contributed by atoms with E-state index in [2.05, 4.69) is 4.74 Å². The molecule has 0 radical (unpaired) electrons. The number of rotatable bonds is 3. The average molecular weight is 235 g/mol. The Kier molecular flexibility index (Phi) is 3.64. The third kappa shape index (κ3) is 3.30. The van der Waals surface area contributed by atoms with Gasteiger partial charge in [-0.3, -0.25) is 0 Å². The van der Waals surface area contributed by atoms with Crippen molar-refractivity contribution in [1.29, 1.82) is 0 Å². The first-order chi connectivity index (χ1) is 7.33. The number of nitrogens with two attached hydrogens (primary N) is 1. The smallest absolute Gasteiger partial charge is 0.508 e. The van der Waals surface area contributed by atoms with E-state index in [0.717, 1.165) is 18.2 Å². The van der Waals surface area contributed by atoms with Crippen LogP contribution in [0.3, 0.4) is 0 Å². The minimum absolute atomic E-state index is 0.135. The third-order valence-electron chi connectivity index (χ3n) is 2.07. The lowest BCUT2D eigenvalue weighted by Gasteiger charge is -2.14. The quantitative estimate of drug-likeness (QED) is 0.846. The molecule has 0 amide bonds. The summed E-state index contributed by atoms with van der Waals surface area (Å²) in [6, 6.07) is 2.74. The molecule has 0 aliphatic rings. The maximum atomic E-state index is 11.9. The molecule has 0 aliphatic heterocycles. The summed E-state index contributed by atoms with van der Waals surface area (Å²) >= 11 is 0. The monoisotopic (exact) mass is 235 g/mol. The summed E-state index contributed by atoms with van der Waals surface area (Å²) in [6.07, 6.45) is -4.24. The predicted octanol–water partition coefficient (Wildman–Crippen LogP) is 2.70. The van der Waals surface area contributed by atoms with Crippen molar-refractivity contribution in [3.8, 4) is 11.5 Å². The van der Waals surface area contributed by atoms with Crippen molar-refractivity contribution in [3.63, 3.8) is 0 Å². The maximum absolute atomic E-state index is 11.9. The second-order valence-electron chi connectivity index (χ2n) is 3.28. The average Bonchev–Trinajstić information content (AvgIpc) is 2.18. The van der Waals surface area contributed by atoms with E-state index in [1.165, 1.54) is 0 Å². The Morgan fingerprint density at radius 1 is 1.44 bits per heavy atom. The van der Waals surface area contributed by atoms with Gasteiger partial charge in [0.1, 0.15) is 11.5 Å². The Hall–Kier alpha value is -1.43. The second-order valence-corrected chi connectivity index (χ2v) is 3.28. The zero-order valence-corrected chi connectivity index (χ0v) is 8.58. The van der Waals surface area contributed by atoms with Gasteiger partial charge in [0, 0.05) is 11.6 Å². The maximum Gasteiger partial charge on any atom is 0.573 e. The molecule has 0 heterocycles. The fourth-order valence-corrected chi connectivity index (χ4v) is 1.25. The molecule has 0 saturated carbocycles. The van der Waals surface area contributed by atoms with Crippen LogP contribution in [0.15, 0.2) is 18.2 Å². The van der Waals surface area contributed by atoms with Crippen molar-refractivity contribution < 1.29 is 23.0 Å². The highest BCUT2D eigenvalue weighted by molar-refractivity contribution is 5.41. The molecule has 0 bridgehead atoms. The summed E-state index contributed by atoms with van der Waals surface area (Å²) in [5.41, 5.74) is 5.87. The molecule has 0 saturated heterocycles. The van der Waals surface area contributed by atoms with Gasteiger partial charge in [0.15, 0.2) is 0 Å². The van der Waals surface area contributed by atoms with Gasteiger partial charge in [-0.1, -0.05) is 6.92 Å². The number of phenolic OH excluding ortho intramolecular Hbond substituents is 1. The van der Waals surface area contributed by atoms with Crippen molar-refractivity contribution in [2.45, 2.75) is 25.7 Å². The van der Waals surface area contributed by atoms with Gasteiger partial charge in [-0.2, -0.15) is 0 Å². The van der Waals surface area contributed by atoms with Gasteiger partial charge in [0.2, 0.25) is 0 Å². The molecule has 0 fully saturated rings. The van der Waals surface area contributed by atoms with E-state index < -0.39 is 12.4 Å². The van der Waals surface area contributed by atoms with E-state index in [1.54, 1.807) is 6.92 Å². The van der Waals surface area contributed by atoms with Crippen LogP contribution in [0.4, 0.5) is 13.2 Å². The van der Waals surface area contributed by atoms with Crippen molar-refractivity contribution in [2.24, 2.45) is 5.73 Å². The predicted molar refractivity (Wildman–Crippen MR) is 52.0 cm³/mol. The van der Waals surface area contributed by atoms with E-state index in [-0.39, 0.29) is 17.1 Å². The van der Waals surface area contributed by atoms with Crippen molar-refractivity contribution in [3.05, 3.63) is 23.8 Å². The fraction of sp³-hybridized carbons (Fsp3) is 0.400. The molecular formula is C10H12F3NO2. The van der Waals surface area contributed by atoms with E-state index in [0.29, 0.717) is 6.42 Å². The molecular weight excluding hydrogens is 223 g/mol. The van der Waals surface area contributed by atoms with E-state index in [9.17, 15) is 18.3 Å². The van der Waals surface area contributed by atoms with Gasteiger partial charge in [-0.25, -0.2) is 0 Å². The highest BCUT2D eigenvalue weighted by Crippen LogP contribution is 2.31. The Morgan fingerprint density at radius 2 is 2.06 bits per heavy atom. The number of phenols is 1. The van der Waals surface area contributed by atoms with Crippen LogP contribution in [-0.4, -0.2) is 11.5 Å². The summed E-state index contributed by atoms with van der Waals surface area (Å²) in [5.74, 6) is -0.520. The Morgan fingerprint density at radius 3 is 2.56 bits per heavy atom. The molecule has 3 N–H and O–H groups in total. The molecule has 6 heteroatoms. The number of benzene rings is 1. The minimum atomic E-state index is -4.75. The highest BCUT2D eigenvalue weighted by atomic mass is 19.4. The molecule has 0 aromatic heterocycles. The van der Waals surface area contributed by atoms with Crippen LogP contribution >= 0.6 is 0 Å². The molecule has 1 aromatic rings. The van der Waals surface area contributed by atoms with Crippen molar-refractivity contribution in [2.75, 3.05) is 0 Å². The zero-order chi connectivity index (χ0) is 12.3. The van der Waals surface area contributed by atoms with E-state index in [4.69, 9.17) is 5.73 Å². The lowest BCUT2D eigenvalue weighted by atomic mass is 10.0. The first kappa shape index (κ1) is 12.6. The standard InChI is InChI=1S/C10H12F3NO2/c1-2-8(14)7-5-6(3-4-9(7)15)16-10(11,12)13/h3-5,8,15H,2,14H2,1H3/t8-/m0/s1. The Labute approximate surface area is 90.6 Å². The van der Waals surface area contributed by atoms with Crippen molar-refractivity contribution in [1.82, 2.24) is 0 Å². The molecule has 0 aliphatic carbocycles. The van der Waals surface area contributed by atoms with Crippen LogP contribution in [-0.2, 0) is 0 Å². The lowest BCUT2D eigenvalue weighted by molar-refractivity contribution is -0.274. The van der Waals surface area contributed by atoms with Crippen LogP contribution in [0, 0.1) is 0 Å². The number of hydrogen-bond acceptors (Lipinski definition) is 3. The zero-order valence-electron chi connectivity index (χ0n) is 8.58. The lowest BCUT2D eigenvalue weighted by Crippen LogP contribution is -2.17. The first-order valence-electron chi connectivity index (χ1n) is 4.67. The van der Waals surface area contributed by atoms with Crippen LogP contribution in [0.2, 0.25) is 0 Å². The van der Waals surface area contributed by atoms with Crippen LogP contribution in [0.25, 0.3) is 0 Å². The molecule has 90 valence electrons. The molecule has 3 nitrogen and oxygen atoms in total. The highest BCUT2D eigenvalue weighted by Gasteiger charge is 2.31. The second kappa shape index (κ2) is 4.61. The summed E-state index contributed by atoms with van der Waals surface area (Å²) in [5, 5.41) is 9.42. The van der Waals surface area contributed by atoms with Gasteiger partial charge in [0.25, 0.3) is 0 Å². The Bertz CT molecular complexity index is 366. The Balaban J connectivity index is 2.98. The molecule has 16 heavy (non-hydrogen) atoms. The van der Waals surface area contributed by atoms with Gasteiger partial charge < -0.3 is 15.6 Å². The van der Waals surface area contributed by atoms with E-state index in [1.807, 2.05) is 0 Å². The van der Waals surface area contributed by atoms with Crippen molar-refractivity contribution >= 4 is 0 Å². The minimum Gasteiger partial charge on any atom is -0.508 e. The summed E-state index contributed by atoms with van der Waals surface area (Å²) in [7, 11) is 0. The number of aromatic hydroxyl groups is 1. The number of ether oxygens (including phenoxy) is 1. The van der Waals surface area contributed by atoms with E-state index >= 15 is 0 Å². The normalized spacial score (nSPS) is 13.6. The van der Waals surface area contributed by atoms with Crippen LogP contribution < -0.4 is 10.5 Å². The summed E-state index contributed by atoms with van der Waals surface area (Å²) in [6.45, 7) is 1.77. The number of hydrogen-bond donors (Lipinski definition) is 2. The molecule has 0 unspecified atom stereocenters. The van der Waals surface area contributed by atoms with Crippen LogP contribution in [0.1, 0.15) is 24.9 Å². The molecule has 0 spiro atoms. The first-order valence-corrected chi connectivity index (χ1v) is 4.67. The number of alkyl halides is 3. The largest absolute Gasteiger partial charge is 0.573 e. The summed E-state index contributed by atoms with van der Waals surface area (Å²) < 4.78 is 39.5. The van der Waals surface area contributed by atoms with Gasteiger partial charge >= 0.3 is 6.36 Å². The summed E-state index contributed by atoms with van der Waals surface area (Å²) in [4.78, 5) is 0. The topological polar surface area (TPSA) is 55.5 Å². The number of halogens is 3. The van der Waals surface area contributed by atoms with Gasteiger partial charge in [-0.15, -0.1) is 13.2 Å². The van der Waals surface area contributed by atoms with Gasteiger partial charge in [-0.05, 0) is 24.6 Å². The molecule has 1 aromatic carbocycles. The molecule has 1 rings (SSSR count). The fourth-order valence-electron chi connectivity index (χ4n) is 1.25. The SMILES string of the molecule is CC[C@H](N)c1cc(OC(F)(F)F)ccc1O. The van der Waals surface area contributed by atoms with Crippen LogP contribution in [0.5, 0.6) is 11.5 Å².